The average Bonchev–Trinajstić information content (AvgIpc) is 3.25. The number of thiophene rings is 1. The highest BCUT2D eigenvalue weighted by Gasteiger charge is 2.43. The fourth-order valence-electron chi connectivity index (χ4n) is 4.70. The van der Waals surface area contributed by atoms with E-state index in [-0.39, 0.29) is 29.2 Å². The number of hydrogen-bond acceptors (Lipinski definition) is 5. The van der Waals surface area contributed by atoms with Gasteiger partial charge >= 0.3 is 5.97 Å². The summed E-state index contributed by atoms with van der Waals surface area (Å²) in [7, 11) is 0. The number of nitrogens with one attached hydrogen (secondary N) is 1. The molecule has 1 aromatic heterocycles. The molecular weight excluding hydrogens is 358 g/mol. The number of ether oxygens (including phenoxy) is 1. The summed E-state index contributed by atoms with van der Waals surface area (Å²) in [4.78, 5) is 26.2. The Morgan fingerprint density at radius 1 is 1.26 bits per heavy atom. The van der Waals surface area contributed by atoms with Crippen LogP contribution in [0.4, 0.5) is 0 Å². The van der Waals surface area contributed by atoms with Gasteiger partial charge in [-0.15, -0.1) is 0 Å². The molecule has 0 saturated heterocycles. The zero-order valence-corrected chi connectivity index (χ0v) is 17.1. The third-order valence-electron chi connectivity index (χ3n) is 5.91. The molecule has 1 atom stereocenters. The lowest BCUT2D eigenvalue weighted by Gasteiger charge is -2.39. The summed E-state index contributed by atoms with van der Waals surface area (Å²) >= 11 is 1.59. The maximum absolute atomic E-state index is 13.1. The zero-order chi connectivity index (χ0) is 19.2. The molecule has 3 aliphatic rings. The highest BCUT2D eigenvalue weighted by molar-refractivity contribution is 7.08. The second-order valence-corrected chi connectivity index (χ2v) is 9.58. The van der Waals surface area contributed by atoms with E-state index >= 15 is 0 Å². The Labute approximate surface area is 164 Å². The lowest BCUT2D eigenvalue weighted by Crippen LogP contribution is -2.39. The summed E-state index contributed by atoms with van der Waals surface area (Å²) in [5.74, 6) is -0.444. The molecule has 2 aliphatic carbocycles. The van der Waals surface area contributed by atoms with Crippen molar-refractivity contribution in [2.75, 3.05) is 0 Å². The molecule has 1 saturated carbocycles. The molecule has 5 heteroatoms. The van der Waals surface area contributed by atoms with Crippen molar-refractivity contribution in [3.05, 3.63) is 44.9 Å². The van der Waals surface area contributed by atoms with Crippen molar-refractivity contribution in [2.45, 2.75) is 71.3 Å². The van der Waals surface area contributed by atoms with Gasteiger partial charge in [-0.1, -0.05) is 13.8 Å². The second kappa shape index (κ2) is 6.93. The van der Waals surface area contributed by atoms with E-state index in [1.807, 2.05) is 23.8 Å². The van der Waals surface area contributed by atoms with E-state index in [9.17, 15) is 9.59 Å². The highest BCUT2D eigenvalue weighted by Crippen LogP contribution is 2.47. The Balaban J connectivity index is 1.74. The highest BCUT2D eigenvalue weighted by atomic mass is 32.1. The number of carbonyl (C=O) groups excluding carboxylic acids is 2. The molecule has 0 bridgehead atoms. The summed E-state index contributed by atoms with van der Waals surface area (Å²) in [6.07, 6.45) is 5.45. The van der Waals surface area contributed by atoms with Gasteiger partial charge in [0.15, 0.2) is 5.78 Å². The summed E-state index contributed by atoms with van der Waals surface area (Å²) in [6.45, 7) is 6.18. The van der Waals surface area contributed by atoms with E-state index in [4.69, 9.17) is 4.74 Å². The Kier molecular flexibility index (Phi) is 4.75. The van der Waals surface area contributed by atoms with Crippen LogP contribution in [0, 0.1) is 5.41 Å². The van der Waals surface area contributed by atoms with Crippen LogP contribution in [-0.2, 0) is 14.3 Å². The summed E-state index contributed by atoms with van der Waals surface area (Å²) in [5, 5.41) is 7.44. The molecule has 0 aromatic carbocycles. The minimum absolute atomic E-state index is 0.0114. The van der Waals surface area contributed by atoms with Crippen molar-refractivity contribution in [2.24, 2.45) is 5.41 Å². The molecule has 0 amide bonds. The minimum Gasteiger partial charge on any atom is -0.459 e. The zero-order valence-electron chi connectivity index (χ0n) is 16.3. The lowest BCUT2D eigenvalue weighted by atomic mass is 9.69. The van der Waals surface area contributed by atoms with Crippen molar-refractivity contribution >= 4 is 23.1 Å². The average molecular weight is 386 g/mol. The Bertz CT molecular complexity index is 826. The van der Waals surface area contributed by atoms with Crippen LogP contribution in [0.3, 0.4) is 0 Å². The molecule has 1 N–H and O–H groups in total. The first kappa shape index (κ1) is 18.5. The van der Waals surface area contributed by atoms with E-state index in [0.29, 0.717) is 12.0 Å². The number of Topliss-reactive ketones (excluding diaryl/α,β-unsaturated/α-hetero) is 1. The van der Waals surface area contributed by atoms with Crippen LogP contribution < -0.4 is 5.32 Å². The van der Waals surface area contributed by atoms with Crippen molar-refractivity contribution in [1.29, 1.82) is 0 Å². The van der Waals surface area contributed by atoms with E-state index in [1.54, 1.807) is 11.3 Å². The number of hydrogen-bond donors (Lipinski definition) is 1. The fraction of sp³-hybridized carbons (Fsp3) is 0.545. The van der Waals surface area contributed by atoms with Gasteiger partial charge in [0.05, 0.1) is 5.57 Å². The van der Waals surface area contributed by atoms with Crippen LogP contribution in [0.15, 0.2) is 39.4 Å². The van der Waals surface area contributed by atoms with Crippen LogP contribution in [0.25, 0.3) is 0 Å². The summed E-state index contributed by atoms with van der Waals surface area (Å²) in [6, 6.07) is 2.02. The third-order valence-corrected chi connectivity index (χ3v) is 6.61. The summed E-state index contributed by atoms with van der Waals surface area (Å²) < 4.78 is 5.84. The molecule has 0 radical (unpaired) electrons. The van der Waals surface area contributed by atoms with Crippen LogP contribution in [0.2, 0.25) is 0 Å². The molecule has 0 unspecified atom stereocenters. The van der Waals surface area contributed by atoms with Gasteiger partial charge in [-0.05, 0) is 66.8 Å². The molecule has 1 fully saturated rings. The maximum atomic E-state index is 13.1. The quantitative estimate of drug-likeness (QED) is 0.757. The second-order valence-electron chi connectivity index (χ2n) is 8.80. The van der Waals surface area contributed by atoms with Crippen LogP contribution in [0.1, 0.15) is 70.8 Å². The van der Waals surface area contributed by atoms with Gasteiger partial charge in [-0.25, -0.2) is 4.79 Å². The fourth-order valence-corrected chi connectivity index (χ4v) is 5.39. The van der Waals surface area contributed by atoms with Crippen LogP contribution in [0.5, 0.6) is 0 Å². The Hall–Kier alpha value is -1.88. The van der Waals surface area contributed by atoms with Gasteiger partial charge in [-0.3, -0.25) is 4.79 Å². The van der Waals surface area contributed by atoms with Crippen LogP contribution in [-0.4, -0.2) is 17.9 Å². The summed E-state index contributed by atoms with van der Waals surface area (Å²) in [5.41, 5.74) is 4.11. The molecule has 27 heavy (non-hydrogen) atoms. The lowest BCUT2D eigenvalue weighted by molar-refractivity contribution is -0.144. The Morgan fingerprint density at radius 2 is 2.00 bits per heavy atom. The number of esters is 1. The smallest absolute Gasteiger partial charge is 0.337 e. The van der Waals surface area contributed by atoms with Gasteiger partial charge in [0.1, 0.15) is 6.10 Å². The van der Waals surface area contributed by atoms with Crippen molar-refractivity contribution < 1.29 is 14.3 Å². The van der Waals surface area contributed by atoms with Gasteiger partial charge in [0.2, 0.25) is 0 Å². The first-order valence-electron chi connectivity index (χ1n) is 9.83. The molecule has 1 aliphatic heterocycles. The molecular formula is C22H27NO3S. The molecule has 0 spiro atoms. The Morgan fingerprint density at radius 3 is 2.67 bits per heavy atom. The van der Waals surface area contributed by atoms with Gasteiger partial charge in [0.25, 0.3) is 0 Å². The predicted molar refractivity (Wildman–Crippen MR) is 106 cm³/mol. The van der Waals surface area contributed by atoms with Gasteiger partial charge in [-0.2, -0.15) is 11.3 Å². The molecule has 4 rings (SSSR count). The maximum Gasteiger partial charge on any atom is 0.337 e. The molecule has 4 nitrogen and oxygen atoms in total. The predicted octanol–water partition coefficient (Wildman–Crippen LogP) is 4.84. The van der Waals surface area contributed by atoms with Crippen LogP contribution >= 0.6 is 11.3 Å². The largest absolute Gasteiger partial charge is 0.459 e. The monoisotopic (exact) mass is 385 g/mol. The van der Waals surface area contributed by atoms with Crippen molar-refractivity contribution in [1.82, 2.24) is 5.32 Å². The number of carbonyl (C=O) groups is 2. The molecule has 1 aromatic rings. The standard InChI is InChI=1S/C22H27NO3S/c1-13-18(21(25)26-15-6-4-5-7-15)19(14-8-9-27-12-14)20-16(23-13)10-22(2,3)11-17(20)24/h8-9,12,15,19,23H,4-7,10-11H2,1-3H3/t19-/m1/s1. The molecule has 2 heterocycles. The normalized spacial score (nSPS) is 25.4. The first-order valence-corrected chi connectivity index (χ1v) is 10.8. The van der Waals surface area contributed by atoms with E-state index < -0.39 is 0 Å². The number of allylic oxidation sites excluding steroid dienone is 3. The molecule has 144 valence electrons. The van der Waals surface area contributed by atoms with Crippen molar-refractivity contribution in [3.63, 3.8) is 0 Å². The number of dihydropyridines is 1. The number of rotatable bonds is 3. The SMILES string of the molecule is CC1=C(C(=O)OC2CCCC2)[C@@H](c2ccsc2)C2=C(CC(C)(C)CC2=O)N1. The van der Waals surface area contributed by atoms with Gasteiger partial charge in [0, 0.05) is 29.3 Å². The number of ketones is 1. The minimum atomic E-state index is -0.315. The third kappa shape index (κ3) is 3.49. The van der Waals surface area contributed by atoms with E-state index in [0.717, 1.165) is 54.6 Å². The van der Waals surface area contributed by atoms with Crippen molar-refractivity contribution in [3.8, 4) is 0 Å². The topological polar surface area (TPSA) is 55.4 Å². The van der Waals surface area contributed by atoms with E-state index in [2.05, 4.69) is 19.2 Å². The van der Waals surface area contributed by atoms with Gasteiger partial charge < -0.3 is 10.1 Å². The van der Waals surface area contributed by atoms with E-state index in [1.165, 1.54) is 0 Å². The first-order chi connectivity index (χ1) is 12.9.